The van der Waals surface area contributed by atoms with Crippen LogP contribution in [0, 0.1) is 0 Å². The van der Waals surface area contributed by atoms with E-state index in [0.717, 1.165) is 18.4 Å². The van der Waals surface area contributed by atoms with Crippen LogP contribution in [0.15, 0.2) is 30.6 Å². The zero-order valence-electron chi connectivity index (χ0n) is 23.2. The summed E-state index contributed by atoms with van der Waals surface area (Å²) in [7, 11) is -5.46. The first kappa shape index (κ1) is 32.8. The molecule has 0 radical (unpaired) electrons. The number of benzene rings is 1. The third-order valence-corrected chi connectivity index (χ3v) is 8.48. The second-order valence-electron chi connectivity index (χ2n) is 9.60. The minimum atomic E-state index is -4.29. The number of aromatic nitrogens is 4. The zero-order chi connectivity index (χ0) is 31.7. The molecule has 3 aromatic rings. The SMILES string of the molecule is COC(=O)CNP(=O)(OC[C@H]1O[C@@H](n2cnc3c(N(C)NS(C)(=O)=O)nc(N)nc32)[C@](C)(O)[C@@H]1O)Oc1ccc(Cl)cc1. The topological polar surface area (TPSA) is 243 Å². The van der Waals surface area contributed by atoms with Crippen molar-refractivity contribution in [2.24, 2.45) is 0 Å². The van der Waals surface area contributed by atoms with E-state index in [2.05, 4.69) is 29.6 Å². The number of aliphatic hydroxyl groups is 2. The molecule has 6 N–H and O–H groups in total. The lowest BCUT2D eigenvalue weighted by Gasteiger charge is -2.27. The van der Waals surface area contributed by atoms with Crippen LogP contribution in [0.25, 0.3) is 11.2 Å². The highest BCUT2D eigenvalue weighted by atomic mass is 35.5. The summed E-state index contributed by atoms with van der Waals surface area (Å²) < 4.78 is 59.8. The van der Waals surface area contributed by atoms with E-state index >= 15 is 0 Å². The number of methoxy groups -OCH3 is 1. The van der Waals surface area contributed by atoms with Gasteiger partial charge in [0, 0.05) is 12.1 Å². The van der Waals surface area contributed by atoms with Gasteiger partial charge in [0.25, 0.3) is 0 Å². The predicted molar refractivity (Wildman–Crippen MR) is 152 cm³/mol. The standard InChI is InChI=1S/C22H30ClN8O10PS/c1-22(34)17(33)14(10-39-42(35,26-9-15(32)38-3)41-13-7-5-12(23)6-8-13)40-20(22)31-11-25-16-18(27-21(24)28-19(16)31)30(2)29-43(4,36)37/h5-8,11,14,17,20,29,33-34H,9-10H2,1-4H3,(H,26,35)(H2,24,27,28)/t14-,17-,20-,22-,42?/m1/s1. The number of imidazole rings is 1. The van der Waals surface area contributed by atoms with Crippen LogP contribution in [0.5, 0.6) is 5.75 Å². The minimum Gasteiger partial charge on any atom is -0.468 e. The number of ether oxygens (including phenoxy) is 2. The van der Waals surface area contributed by atoms with E-state index < -0.39 is 60.9 Å². The van der Waals surface area contributed by atoms with Crippen molar-refractivity contribution in [3.63, 3.8) is 0 Å². The van der Waals surface area contributed by atoms with Crippen molar-refractivity contribution in [2.75, 3.05) is 44.3 Å². The summed E-state index contributed by atoms with van der Waals surface area (Å²) in [6.45, 7) is 0.169. The fourth-order valence-corrected chi connectivity index (χ4v) is 6.12. The van der Waals surface area contributed by atoms with Crippen LogP contribution in [-0.2, 0) is 33.4 Å². The predicted octanol–water partition coefficient (Wildman–Crippen LogP) is -0.0621. The zero-order valence-corrected chi connectivity index (χ0v) is 25.7. The normalized spacial score (nSPS) is 23.7. The number of nitrogens with zero attached hydrogens (tertiary/aromatic N) is 5. The number of rotatable bonds is 12. The van der Waals surface area contributed by atoms with Gasteiger partial charge in [0.1, 0.15) is 30.1 Å². The Balaban J connectivity index is 1.59. The first-order valence-corrected chi connectivity index (χ1v) is 16.1. The number of carbonyl (C=O) groups excluding carboxylic acids is 1. The van der Waals surface area contributed by atoms with Gasteiger partial charge in [-0.2, -0.15) is 9.97 Å². The highest BCUT2D eigenvalue weighted by Crippen LogP contribution is 2.47. The maximum absolute atomic E-state index is 13.5. The number of esters is 1. The quantitative estimate of drug-likeness (QED) is 0.0967. The highest BCUT2D eigenvalue weighted by molar-refractivity contribution is 7.88. The third-order valence-electron chi connectivity index (χ3n) is 6.14. The first-order chi connectivity index (χ1) is 20.0. The monoisotopic (exact) mass is 664 g/mol. The molecule has 21 heteroatoms. The number of nitrogen functional groups attached to an aromatic ring is 1. The Morgan fingerprint density at radius 1 is 1.33 bits per heavy atom. The molecule has 1 aliphatic heterocycles. The van der Waals surface area contributed by atoms with Gasteiger partial charge in [0.05, 0.1) is 26.3 Å². The van der Waals surface area contributed by atoms with Crippen molar-refractivity contribution in [1.29, 1.82) is 0 Å². The molecular weight excluding hydrogens is 635 g/mol. The minimum absolute atomic E-state index is 0.00159. The van der Waals surface area contributed by atoms with Gasteiger partial charge in [-0.05, 0) is 31.2 Å². The van der Waals surface area contributed by atoms with Gasteiger partial charge in [-0.1, -0.05) is 11.6 Å². The molecule has 0 amide bonds. The van der Waals surface area contributed by atoms with Crippen molar-refractivity contribution in [3.05, 3.63) is 35.6 Å². The van der Waals surface area contributed by atoms with E-state index in [4.69, 9.17) is 31.1 Å². The lowest BCUT2D eigenvalue weighted by Crippen LogP contribution is -2.44. The molecule has 5 atom stereocenters. The number of sulfonamides is 1. The van der Waals surface area contributed by atoms with Gasteiger partial charge in [-0.15, -0.1) is 4.83 Å². The largest absolute Gasteiger partial charge is 0.468 e. The molecule has 1 unspecified atom stereocenters. The van der Waals surface area contributed by atoms with Crippen molar-refractivity contribution in [2.45, 2.75) is 31.0 Å². The second kappa shape index (κ2) is 12.5. The highest BCUT2D eigenvalue weighted by Gasteiger charge is 2.54. The van der Waals surface area contributed by atoms with Gasteiger partial charge in [0.15, 0.2) is 23.2 Å². The van der Waals surface area contributed by atoms with Crippen LogP contribution in [0.1, 0.15) is 13.2 Å². The average Bonchev–Trinajstić information content (AvgIpc) is 3.43. The molecule has 2 aromatic heterocycles. The summed E-state index contributed by atoms with van der Waals surface area (Å²) >= 11 is 5.89. The number of nitrogens with one attached hydrogen (secondary N) is 2. The first-order valence-electron chi connectivity index (χ1n) is 12.3. The van der Waals surface area contributed by atoms with Crippen LogP contribution in [-0.4, -0.2) is 95.5 Å². The summed E-state index contributed by atoms with van der Waals surface area (Å²) in [6.07, 6.45) is -2.05. The molecule has 1 fully saturated rings. The average molecular weight is 665 g/mol. The van der Waals surface area contributed by atoms with E-state index in [0.29, 0.717) is 5.02 Å². The molecule has 0 bridgehead atoms. The second-order valence-corrected chi connectivity index (χ2v) is 13.5. The molecule has 43 heavy (non-hydrogen) atoms. The van der Waals surface area contributed by atoms with Gasteiger partial charge >= 0.3 is 13.7 Å². The summed E-state index contributed by atoms with van der Waals surface area (Å²) in [6, 6.07) is 5.82. The van der Waals surface area contributed by atoms with Crippen LogP contribution in [0.4, 0.5) is 11.8 Å². The van der Waals surface area contributed by atoms with Crippen molar-refractivity contribution in [1.82, 2.24) is 29.4 Å². The van der Waals surface area contributed by atoms with E-state index in [9.17, 15) is 28.0 Å². The molecule has 0 spiro atoms. The number of halogens is 1. The van der Waals surface area contributed by atoms with Gasteiger partial charge in [0.2, 0.25) is 16.0 Å². The Hall–Kier alpha value is -3.13. The lowest BCUT2D eigenvalue weighted by molar-refractivity contribution is -0.139. The number of hydrogen-bond donors (Lipinski definition) is 5. The Kier molecular flexibility index (Phi) is 9.50. The molecule has 0 saturated carbocycles. The number of anilines is 2. The molecule has 3 heterocycles. The number of nitrogens with two attached hydrogens (primary N) is 1. The molecule has 236 valence electrons. The summed E-state index contributed by atoms with van der Waals surface area (Å²) in [5.41, 5.74) is 4.02. The maximum atomic E-state index is 13.5. The Morgan fingerprint density at radius 3 is 2.63 bits per heavy atom. The fraction of sp³-hybridized carbons (Fsp3) is 0.455. The Labute approximate surface area is 250 Å². The van der Waals surface area contributed by atoms with Crippen molar-refractivity contribution in [3.8, 4) is 5.75 Å². The maximum Gasteiger partial charge on any atom is 0.459 e. The van der Waals surface area contributed by atoms with Gasteiger partial charge < -0.3 is 29.9 Å². The van der Waals surface area contributed by atoms with E-state index in [1.807, 2.05) is 0 Å². The van der Waals surface area contributed by atoms with Crippen LogP contribution >= 0.6 is 19.3 Å². The number of hydrogen-bond acceptors (Lipinski definition) is 15. The summed E-state index contributed by atoms with van der Waals surface area (Å²) in [4.78, 5) is 26.4. The number of fused-ring (bicyclic) bond motifs is 1. The number of carbonyl (C=O) groups is 1. The number of aliphatic hydroxyl groups excluding tert-OH is 1. The fourth-order valence-electron chi connectivity index (χ4n) is 4.14. The summed E-state index contributed by atoms with van der Waals surface area (Å²) in [5.74, 6) is -0.909. The van der Waals surface area contributed by atoms with Crippen LogP contribution in [0.3, 0.4) is 0 Å². The molecule has 1 aliphatic rings. The third kappa shape index (κ3) is 7.51. The smallest absolute Gasteiger partial charge is 0.459 e. The van der Waals surface area contributed by atoms with Crippen LogP contribution in [0.2, 0.25) is 5.02 Å². The number of hydrazine groups is 1. The Bertz CT molecular complexity index is 1640. The molecule has 0 aliphatic carbocycles. The van der Waals surface area contributed by atoms with E-state index in [1.165, 1.54) is 49.1 Å². The van der Waals surface area contributed by atoms with Gasteiger partial charge in [-0.25, -0.2) is 23.1 Å². The molecular formula is C22H30ClN8O10PS. The molecule has 18 nitrogen and oxygen atoms in total. The van der Waals surface area contributed by atoms with Gasteiger partial charge in [-0.3, -0.25) is 18.9 Å². The molecule has 4 rings (SSSR count). The van der Waals surface area contributed by atoms with E-state index in [1.54, 1.807) is 0 Å². The van der Waals surface area contributed by atoms with E-state index in [-0.39, 0.29) is 28.7 Å². The molecule has 1 aromatic carbocycles. The van der Waals surface area contributed by atoms with Crippen molar-refractivity contribution < 1.29 is 46.5 Å². The van der Waals surface area contributed by atoms with Crippen LogP contribution < -0.4 is 25.2 Å². The Morgan fingerprint density at radius 2 is 2.00 bits per heavy atom. The molecule has 1 saturated heterocycles. The lowest BCUT2D eigenvalue weighted by atomic mass is 9.96. The summed E-state index contributed by atoms with van der Waals surface area (Å²) in [5, 5.41) is 26.1. The van der Waals surface area contributed by atoms with Crippen molar-refractivity contribution >= 4 is 58.3 Å².